The van der Waals surface area contributed by atoms with Crippen molar-refractivity contribution in [2.45, 2.75) is 45.7 Å². The van der Waals surface area contributed by atoms with Crippen LogP contribution in [0.4, 0.5) is 16.2 Å². The van der Waals surface area contributed by atoms with Crippen molar-refractivity contribution >= 4 is 29.2 Å². The van der Waals surface area contributed by atoms with E-state index in [2.05, 4.69) is 76.0 Å². The number of benzene rings is 3. The van der Waals surface area contributed by atoms with Gasteiger partial charge in [0.2, 0.25) is 0 Å². The van der Waals surface area contributed by atoms with E-state index in [1.807, 2.05) is 31.4 Å². The predicted octanol–water partition coefficient (Wildman–Crippen LogP) is 5.06. The van der Waals surface area contributed by atoms with Crippen LogP contribution in [0, 0.1) is 0 Å². The Morgan fingerprint density at radius 3 is 2.22 bits per heavy atom. The van der Waals surface area contributed by atoms with Gasteiger partial charge in [-0.05, 0) is 105 Å². The summed E-state index contributed by atoms with van der Waals surface area (Å²) in [5.41, 5.74) is 7.99. The fourth-order valence-corrected chi connectivity index (χ4v) is 7.98. The minimum absolute atomic E-state index is 0.152. The number of rotatable bonds is 29. The molecule has 364 valence electrons. The number of nitrogens with zero attached hydrogens (tertiary/aromatic N) is 5. The number of aliphatic hydroxyl groups excluding tert-OH is 2. The van der Waals surface area contributed by atoms with Crippen LogP contribution in [0.15, 0.2) is 85.1 Å². The molecular weight excluding hydrogens is 853 g/mol. The minimum Gasteiger partial charge on any atom is -0.395 e. The van der Waals surface area contributed by atoms with Crippen LogP contribution in [-0.4, -0.2) is 167 Å². The quantitative estimate of drug-likeness (QED) is 0.0458. The molecule has 1 unspecified atom stereocenters. The molecule has 1 aromatic heterocycles. The Labute approximate surface area is 396 Å². The molecule has 0 saturated heterocycles. The highest BCUT2D eigenvalue weighted by molar-refractivity contribution is 6.08. The Morgan fingerprint density at radius 1 is 0.761 bits per heavy atom. The Kier molecular flexibility index (Phi) is 22.5. The van der Waals surface area contributed by atoms with Crippen molar-refractivity contribution in [3.63, 3.8) is 0 Å². The van der Waals surface area contributed by atoms with E-state index in [0.29, 0.717) is 95.2 Å². The van der Waals surface area contributed by atoms with Gasteiger partial charge in [-0.2, -0.15) is 0 Å². The molecule has 0 radical (unpaired) electrons. The van der Waals surface area contributed by atoms with Crippen LogP contribution in [-0.2, 0) is 27.2 Å². The number of fused-ring (bicyclic) bond motifs is 1. The summed E-state index contributed by atoms with van der Waals surface area (Å²) in [5.74, 6) is -0.494. The number of carbonyl (C=O) groups is 3. The van der Waals surface area contributed by atoms with Crippen LogP contribution in [0.1, 0.15) is 70.1 Å². The Hall–Kier alpha value is -5.46. The molecule has 67 heavy (non-hydrogen) atoms. The van der Waals surface area contributed by atoms with Crippen LogP contribution in [0.5, 0.6) is 0 Å². The number of ether oxygens (including phenoxy) is 3. The fraction of sp³-hybridized carbons (Fsp3) is 0.490. The molecule has 1 aliphatic rings. The minimum atomic E-state index is -0.361. The average Bonchev–Trinajstić information content (AvgIpc) is 3.35. The summed E-state index contributed by atoms with van der Waals surface area (Å²) in [5, 5.41) is 27.7. The smallest absolute Gasteiger partial charge is 0.317 e. The van der Waals surface area contributed by atoms with Crippen LogP contribution < -0.4 is 20.9 Å². The predicted molar refractivity (Wildman–Crippen MR) is 263 cm³/mol. The molecule has 4 aromatic rings. The van der Waals surface area contributed by atoms with Gasteiger partial charge in [0.25, 0.3) is 11.8 Å². The average molecular weight is 925 g/mol. The molecule has 3 aromatic carbocycles. The van der Waals surface area contributed by atoms with E-state index in [0.717, 1.165) is 54.9 Å². The number of nitrogens with one attached hydrogen (secondary N) is 3. The largest absolute Gasteiger partial charge is 0.395 e. The molecule has 0 aliphatic heterocycles. The van der Waals surface area contributed by atoms with Crippen LogP contribution in [0.2, 0.25) is 0 Å². The standard InChI is InChI=1S/C51H72N8O8/c1-5-58(6-2)43-17-18-47(45(37-43)48-35-39(19-20-52-48)38-54-46-16-10-12-40-11-7-8-15-44(40)46)55-49(62)41-13-9-14-42(36-41)50(63)57(4)23-22-56(3)26-30-66-32-34-67-33-31-65-29-21-53-51(64)59(24-27-60)25-28-61/h7-9,11,13-15,17-20,35-37,46,54,60-61H,5-6,10,12,16,21-34,38H2,1-4H3,(H,53,64)(H,55,62). The van der Waals surface area contributed by atoms with Crippen molar-refractivity contribution < 1.29 is 38.8 Å². The molecule has 16 nitrogen and oxygen atoms in total. The third-order valence-electron chi connectivity index (χ3n) is 11.8. The third-order valence-corrected chi connectivity index (χ3v) is 11.8. The lowest BCUT2D eigenvalue weighted by atomic mass is 9.87. The highest BCUT2D eigenvalue weighted by atomic mass is 16.5. The number of aromatic nitrogens is 1. The van der Waals surface area contributed by atoms with Gasteiger partial charge in [0.1, 0.15) is 0 Å². The van der Waals surface area contributed by atoms with Gasteiger partial charge in [0, 0.05) is 101 Å². The van der Waals surface area contributed by atoms with Crippen molar-refractivity contribution in [2.75, 3.05) is 130 Å². The lowest BCUT2D eigenvalue weighted by molar-refractivity contribution is 0.0120. The summed E-state index contributed by atoms with van der Waals surface area (Å²) in [6, 6.07) is 25.7. The Morgan fingerprint density at radius 2 is 1.48 bits per heavy atom. The monoisotopic (exact) mass is 925 g/mol. The van der Waals surface area contributed by atoms with Crippen molar-refractivity contribution in [2.24, 2.45) is 0 Å². The first-order valence-corrected chi connectivity index (χ1v) is 23.6. The first-order valence-electron chi connectivity index (χ1n) is 23.6. The van der Waals surface area contributed by atoms with Gasteiger partial charge < -0.3 is 60.0 Å². The van der Waals surface area contributed by atoms with Gasteiger partial charge in [-0.25, -0.2) is 4.79 Å². The molecule has 0 fully saturated rings. The summed E-state index contributed by atoms with van der Waals surface area (Å²) in [7, 11) is 3.73. The number of carbonyl (C=O) groups excluding carboxylic acids is 3. The molecule has 0 spiro atoms. The molecule has 0 bridgehead atoms. The number of anilines is 2. The number of hydrogen-bond donors (Lipinski definition) is 5. The van der Waals surface area contributed by atoms with E-state index in [-0.39, 0.29) is 44.1 Å². The normalized spacial score (nSPS) is 13.3. The van der Waals surface area contributed by atoms with E-state index in [4.69, 9.17) is 29.4 Å². The molecule has 1 atom stereocenters. The van der Waals surface area contributed by atoms with E-state index in [9.17, 15) is 14.4 Å². The zero-order valence-electron chi connectivity index (χ0n) is 39.9. The number of pyridine rings is 1. The maximum Gasteiger partial charge on any atom is 0.317 e. The molecule has 0 saturated carbocycles. The maximum atomic E-state index is 13.9. The number of amides is 4. The molecular formula is C51H72N8O8. The number of likely N-dealkylation sites (N-methyl/N-ethyl adjacent to an activating group) is 2. The highest BCUT2D eigenvalue weighted by Crippen LogP contribution is 2.33. The second kappa shape index (κ2) is 28.7. The summed E-state index contributed by atoms with van der Waals surface area (Å²) in [6.07, 6.45) is 5.21. The number of urea groups is 1. The molecule has 5 N–H and O–H groups in total. The fourth-order valence-electron chi connectivity index (χ4n) is 7.98. The second-order valence-corrected chi connectivity index (χ2v) is 16.5. The Balaban J connectivity index is 1.06. The van der Waals surface area contributed by atoms with Crippen molar-refractivity contribution in [3.05, 3.63) is 113 Å². The summed E-state index contributed by atoms with van der Waals surface area (Å²) in [4.78, 5) is 51.7. The van der Waals surface area contributed by atoms with Crippen LogP contribution in [0.25, 0.3) is 11.3 Å². The van der Waals surface area contributed by atoms with Gasteiger partial charge in [0.05, 0.1) is 64.2 Å². The first kappa shape index (κ1) is 52.5. The zero-order valence-corrected chi connectivity index (χ0v) is 39.9. The summed E-state index contributed by atoms with van der Waals surface area (Å²) >= 11 is 0. The van der Waals surface area contributed by atoms with Crippen molar-refractivity contribution in [1.29, 1.82) is 0 Å². The van der Waals surface area contributed by atoms with Gasteiger partial charge >= 0.3 is 6.03 Å². The summed E-state index contributed by atoms with van der Waals surface area (Å²) < 4.78 is 16.8. The van der Waals surface area contributed by atoms with E-state index < -0.39 is 0 Å². The summed E-state index contributed by atoms with van der Waals surface area (Å²) in [6.45, 7) is 11.1. The number of aliphatic hydroxyl groups is 2. The van der Waals surface area contributed by atoms with Crippen molar-refractivity contribution in [1.82, 2.24) is 30.3 Å². The first-order chi connectivity index (χ1) is 32.6. The lowest BCUT2D eigenvalue weighted by Gasteiger charge is -2.26. The van der Waals surface area contributed by atoms with Crippen LogP contribution >= 0.6 is 0 Å². The maximum absolute atomic E-state index is 13.9. The van der Waals surface area contributed by atoms with E-state index >= 15 is 0 Å². The molecule has 1 aliphatic carbocycles. The van der Waals surface area contributed by atoms with Gasteiger partial charge in [-0.3, -0.25) is 14.6 Å². The lowest BCUT2D eigenvalue weighted by Crippen LogP contribution is -2.44. The van der Waals surface area contributed by atoms with E-state index in [1.54, 1.807) is 36.2 Å². The van der Waals surface area contributed by atoms with E-state index in [1.165, 1.54) is 16.0 Å². The molecule has 4 amide bonds. The number of aryl methyl sites for hydroxylation is 1. The second-order valence-electron chi connectivity index (χ2n) is 16.5. The van der Waals surface area contributed by atoms with Gasteiger partial charge in [0.15, 0.2) is 0 Å². The molecule has 1 heterocycles. The topological polar surface area (TPSA) is 181 Å². The molecule has 5 rings (SSSR count). The van der Waals surface area contributed by atoms with Gasteiger partial charge in [-0.1, -0.05) is 30.3 Å². The molecule has 16 heteroatoms. The van der Waals surface area contributed by atoms with Gasteiger partial charge in [-0.15, -0.1) is 0 Å². The highest BCUT2D eigenvalue weighted by Gasteiger charge is 2.21. The van der Waals surface area contributed by atoms with Crippen LogP contribution in [0.3, 0.4) is 0 Å². The number of hydrogen-bond acceptors (Lipinski definition) is 12. The zero-order chi connectivity index (χ0) is 47.8. The third kappa shape index (κ3) is 16.7. The Bertz CT molecular complexity index is 2130. The SMILES string of the molecule is CCN(CC)c1ccc(NC(=O)c2cccc(C(=O)N(C)CCN(C)CCOCCOCCOCCNC(=O)N(CCO)CCO)c2)c(-c2cc(CNC3CCCc4ccccc43)ccn2)c1. The van der Waals surface area contributed by atoms with Crippen molar-refractivity contribution in [3.8, 4) is 11.3 Å².